The van der Waals surface area contributed by atoms with Crippen molar-refractivity contribution in [3.63, 3.8) is 0 Å². The van der Waals surface area contributed by atoms with Crippen LogP contribution in [0.25, 0.3) is 0 Å². The lowest BCUT2D eigenvalue weighted by molar-refractivity contribution is -0.150. The van der Waals surface area contributed by atoms with E-state index < -0.39 is 5.97 Å². The molecule has 0 aliphatic carbocycles. The number of aliphatic carboxylic acids is 1. The number of benzene rings is 1. The minimum Gasteiger partial charge on any atom is -0.497 e. The molecule has 2 rings (SSSR count). The highest BCUT2D eigenvalue weighted by Crippen LogP contribution is 2.25. The summed E-state index contributed by atoms with van der Waals surface area (Å²) in [5, 5.41) is 8.92. The molecule has 1 saturated heterocycles. The zero-order chi connectivity index (χ0) is 15.4. The zero-order valence-corrected chi connectivity index (χ0v) is 12.4. The lowest BCUT2D eigenvalue weighted by Crippen LogP contribution is -2.53. The van der Waals surface area contributed by atoms with Gasteiger partial charge < -0.3 is 14.7 Å². The normalized spacial score (nSPS) is 16.2. The van der Waals surface area contributed by atoms with Gasteiger partial charge in [0, 0.05) is 25.4 Å². The van der Waals surface area contributed by atoms with Crippen molar-refractivity contribution in [2.45, 2.75) is 19.8 Å². The van der Waals surface area contributed by atoms with Crippen LogP contribution in [0, 0.1) is 11.8 Å². The second-order valence-electron chi connectivity index (χ2n) is 5.53. The predicted octanol–water partition coefficient (Wildman–Crippen LogP) is 1.81. The molecule has 1 aromatic rings. The summed E-state index contributed by atoms with van der Waals surface area (Å²) in [7, 11) is 1.62. The Morgan fingerprint density at radius 3 is 2.48 bits per heavy atom. The largest absolute Gasteiger partial charge is 0.497 e. The molecular formula is C16H21NO4. The van der Waals surface area contributed by atoms with Crippen LogP contribution in [0.2, 0.25) is 0 Å². The van der Waals surface area contributed by atoms with Gasteiger partial charge in [0.15, 0.2) is 0 Å². The van der Waals surface area contributed by atoms with Crippen LogP contribution < -0.4 is 4.74 Å². The molecule has 0 saturated carbocycles. The first-order valence-electron chi connectivity index (χ1n) is 7.14. The number of aryl methyl sites for hydroxylation is 1. The van der Waals surface area contributed by atoms with Crippen LogP contribution in [0.15, 0.2) is 24.3 Å². The maximum Gasteiger partial charge on any atom is 0.306 e. The summed E-state index contributed by atoms with van der Waals surface area (Å²) < 4.78 is 5.09. The van der Waals surface area contributed by atoms with E-state index in [1.165, 1.54) is 0 Å². The van der Waals surface area contributed by atoms with Crippen molar-refractivity contribution in [3.05, 3.63) is 29.8 Å². The van der Waals surface area contributed by atoms with Gasteiger partial charge >= 0.3 is 5.97 Å². The molecule has 1 heterocycles. The molecule has 0 aromatic heterocycles. The van der Waals surface area contributed by atoms with Gasteiger partial charge in [-0.3, -0.25) is 9.59 Å². The number of hydrogen-bond donors (Lipinski definition) is 1. The summed E-state index contributed by atoms with van der Waals surface area (Å²) in [5.74, 6) is -0.175. The summed E-state index contributed by atoms with van der Waals surface area (Å²) in [6.07, 6.45) is 1.15. The molecule has 1 aromatic carbocycles. The van der Waals surface area contributed by atoms with Gasteiger partial charge in [0.1, 0.15) is 5.75 Å². The van der Waals surface area contributed by atoms with Crippen LogP contribution in [0.1, 0.15) is 18.9 Å². The second-order valence-corrected chi connectivity index (χ2v) is 5.53. The fourth-order valence-corrected chi connectivity index (χ4v) is 2.44. The Balaban J connectivity index is 1.74. The number of carboxylic acid groups (broad SMARTS) is 1. The highest BCUT2D eigenvalue weighted by Gasteiger charge is 2.36. The van der Waals surface area contributed by atoms with E-state index in [0.717, 1.165) is 11.3 Å². The van der Waals surface area contributed by atoms with E-state index in [1.807, 2.05) is 24.3 Å². The molecule has 1 amide bonds. The Morgan fingerprint density at radius 2 is 1.95 bits per heavy atom. The molecule has 5 heteroatoms. The van der Waals surface area contributed by atoms with Gasteiger partial charge in [-0.2, -0.15) is 0 Å². The van der Waals surface area contributed by atoms with Crippen LogP contribution in [0.3, 0.4) is 0 Å². The average molecular weight is 291 g/mol. The molecular weight excluding hydrogens is 270 g/mol. The summed E-state index contributed by atoms with van der Waals surface area (Å²) in [5.41, 5.74) is 1.10. The molecule has 0 bridgehead atoms. The monoisotopic (exact) mass is 291 g/mol. The van der Waals surface area contributed by atoms with E-state index in [1.54, 1.807) is 18.9 Å². The molecule has 0 radical (unpaired) electrons. The van der Waals surface area contributed by atoms with Crippen molar-refractivity contribution in [2.75, 3.05) is 20.2 Å². The number of hydrogen-bond acceptors (Lipinski definition) is 3. The smallest absolute Gasteiger partial charge is 0.306 e. The van der Waals surface area contributed by atoms with Crippen molar-refractivity contribution >= 4 is 11.9 Å². The van der Waals surface area contributed by atoms with Crippen molar-refractivity contribution in [1.29, 1.82) is 0 Å². The van der Waals surface area contributed by atoms with Gasteiger partial charge in [0.05, 0.1) is 13.0 Å². The molecule has 1 aliphatic rings. The number of likely N-dealkylation sites (tertiary alicyclic amines) is 1. The lowest BCUT2D eigenvalue weighted by atomic mass is 9.87. The SMILES string of the molecule is COc1ccc(CCC(=O)N2CC(C(C)C(=O)O)C2)cc1. The number of rotatable bonds is 6. The molecule has 1 fully saturated rings. The second kappa shape index (κ2) is 6.61. The van der Waals surface area contributed by atoms with E-state index in [0.29, 0.717) is 25.9 Å². The van der Waals surface area contributed by atoms with Crippen LogP contribution in [0.5, 0.6) is 5.75 Å². The molecule has 0 spiro atoms. The molecule has 5 nitrogen and oxygen atoms in total. The fourth-order valence-electron chi connectivity index (χ4n) is 2.44. The van der Waals surface area contributed by atoms with Gasteiger partial charge in [-0.1, -0.05) is 19.1 Å². The Hall–Kier alpha value is -2.04. The standard InChI is InChI=1S/C16H21NO4/c1-11(16(19)20)13-9-17(10-13)15(18)8-5-12-3-6-14(21-2)7-4-12/h3-4,6-7,11,13H,5,8-10H2,1-2H3,(H,19,20). The number of carbonyl (C=O) groups excluding carboxylic acids is 1. The summed E-state index contributed by atoms with van der Waals surface area (Å²) in [6.45, 7) is 2.83. The molecule has 1 unspecified atom stereocenters. The summed E-state index contributed by atoms with van der Waals surface area (Å²) in [4.78, 5) is 24.6. The van der Waals surface area contributed by atoms with Crippen LogP contribution in [-0.4, -0.2) is 42.1 Å². The lowest BCUT2D eigenvalue weighted by Gasteiger charge is -2.41. The zero-order valence-electron chi connectivity index (χ0n) is 12.4. The molecule has 21 heavy (non-hydrogen) atoms. The van der Waals surface area contributed by atoms with Gasteiger partial charge in [-0.15, -0.1) is 0 Å². The predicted molar refractivity (Wildman–Crippen MR) is 78.2 cm³/mol. The van der Waals surface area contributed by atoms with Crippen molar-refractivity contribution in [1.82, 2.24) is 4.90 Å². The molecule has 114 valence electrons. The molecule has 1 atom stereocenters. The Labute approximate surface area is 124 Å². The van der Waals surface area contributed by atoms with Gasteiger partial charge in [-0.25, -0.2) is 0 Å². The first-order chi connectivity index (χ1) is 10.0. The number of carboxylic acids is 1. The highest BCUT2D eigenvalue weighted by atomic mass is 16.5. The van der Waals surface area contributed by atoms with Crippen molar-refractivity contribution in [3.8, 4) is 5.75 Å². The van der Waals surface area contributed by atoms with E-state index >= 15 is 0 Å². The van der Waals surface area contributed by atoms with E-state index in [2.05, 4.69) is 0 Å². The summed E-state index contributed by atoms with van der Waals surface area (Å²) in [6, 6.07) is 7.68. The number of amides is 1. The topological polar surface area (TPSA) is 66.8 Å². The Kier molecular flexibility index (Phi) is 4.83. The van der Waals surface area contributed by atoms with Crippen LogP contribution in [-0.2, 0) is 16.0 Å². The number of nitrogens with zero attached hydrogens (tertiary/aromatic N) is 1. The summed E-state index contributed by atoms with van der Waals surface area (Å²) >= 11 is 0. The van der Waals surface area contributed by atoms with E-state index in [4.69, 9.17) is 9.84 Å². The number of carbonyl (C=O) groups is 2. The highest BCUT2D eigenvalue weighted by molar-refractivity contribution is 5.78. The minimum absolute atomic E-state index is 0.0902. The third-order valence-corrected chi connectivity index (χ3v) is 4.15. The molecule has 1 aliphatic heterocycles. The van der Waals surface area contributed by atoms with E-state index in [-0.39, 0.29) is 17.7 Å². The maximum atomic E-state index is 12.0. The average Bonchev–Trinajstić information content (AvgIpc) is 2.43. The van der Waals surface area contributed by atoms with Crippen molar-refractivity contribution in [2.24, 2.45) is 11.8 Å². The maximum absolute atomic E-state index is 12.0. The van der Waals surface area contributed by atoms with Crippen molar-refractivity contribution < 1.29 is 19.4 Å². The fraction of sp³-hybridized carbons (Fsp3) is 0.500. The first kappa shape index (κ1) is 15.4. The first-order valence-corrected chi connectivity index (χ1v) is 7.14. The van der Waals surface area contributed by atoms with Gasteiger partial charge in [0.2, 0.25) is 5.91 Å². The van der Waals surface area contributed by atoms with Gasteiger partial charge in [-0.05, 0) is 24.1 Å². The molecule has 1 N–H and O–H groups in total. The third kappa shape index (κ3) is 3.74. The van der Waals surface area contributed by atoms with E-state index in [9.17, 15) is 9.59 Å². The minimum atomic E-state index is -0.787. The number of methoxy groups -OCH3 is 1. The Bertz CT molecular complexity index is 506. The number of ether oxygens (including phenoxy) is 1. The third-order valence-electron chi connectivity index (χ3n) is 4.15. The Morgan fingerprint density at radius 1 is 1.33 bits per heavy atom. The van der Waals surface area contributed by atoms with Crippen LogP contribution in [0.4, 0.5) is 0 Å². The quantitative estimate of drug-likeness (QED) is 0.868. The van der Waals surface area contributed by atoms with Gasteiger partial charge in [0.25, 0.3) is 0 Å². The van der Waals surface area contributed by atoms with Crippen LogP contribution >= 0.6 is 0 Å².